The second-order valence-corrected chi connectivity index (χ2v) is 7.62. The Morgan fingerprint density at radius 3 is 2.57 bits per heavy atom. The fourth-order valence-electron chi connectivity index (χ4n) is 4.39. The van der Waals surface area contributed by atoms with E-state index >= 15 is 0 Å². The van der Waals surface area contributed by atoms with E-state index in [4.69, 9.17) is 0 Å². The normalized spacial score (nSPS) is 22.9. The van der Waals surface area contributed by atoms with Gasteiger partial charge < -0.3 is 9.80 Å². The summed E-state index contributed by atoms with van der Waals surface area (Å²) in [6, 6.07) is 4.92. The fourth-order valence-corrected chi connectivity index (χ4v) is 4.39. The Morgan fingerprint density at radius 1 is 1.04 bits per heavy atom. The van der Waals surface area contributed by atoms with Gasteiger partial charge in [-0.1, -0.05) is 0 Å². The number of likely N-dealkylation sites (N-methyl/N-ethyl adjacent to an activating group) is 1. The second-order valence-electron chi connectivity index (χ2n) is 7.62. The topological polar surface area (TPSA) is 85.8 Å². The third-order valence-electron chi connectivity index (χ3n) is 5.92. The highest BCUT2D eigenvalue weighted by molar-refractivity contribution is 6.27. The van der Waals surface area contributed by atoms with Crippen molar-refractivity contribution in [3.05, 3.63) is 30.0 Å². The number of nitrogens with zero attached hydrogens (tertiary/aromatic N) is 4. The number of hydrogen-bond donors (Lipinski definition) is 1. The predicted octanol–water partition coefficient (Wildman–Crippen LogP) is 0.752. The minimum atomic E-state index is -0.671. The Balaban J connectivity index is 1.59. The fraction of sp³-hybridized carbons (Fsp3) is 0.400. The summed E-state index contributed by atoms with van der Waals surface area (Å²) in [6.07, 6.45) is 2.26. The van der Waals surface area contributed by atoms with Gasteiger partial charge in [-0.15, -0.1) is 0 Å². The first kappa shape index (κ1) is 17.1. The van der Waals surface area contributed by atoms with E-state index in [-0.39, 0.29) is 18.2 Å². The Hall–Kier alpha value is -3.00. The van der Waals surface area contributed by atoms with Gasteiger partial charge in [0.15, 0.2) is 0 Å². The lowest BCUT2D eigenvalue weighted by atomic mass is 10.0. The summed E-state index contributed by atoms with van der Waals surface area (Å²) in [7, 11) is 2.11. The van der Waals surface area contributed by atoms with Crippen LogP contribution in [0, 0.1) is 0 Å². The molecular formula is C20H21N5O3. The number of piperidine rings is 1. The highest BCUT2D eigenvalue weighted by Crippen LogP contribution is 2.42. The Bertz CT molecular complexity index is 1010. The van der Waals surface area contributed by atoms with Gasteiger partial charge in [-0.3, -0.25) is 29.6 Å². The van der Waals surface area contributed by atoms with Gasteiger partial charge in [0, 0.05) is 44.2 Å². The van der Waals surface area contributed by atoms with Crippen LogP contribution in [0.1, 0.15) is 23.2 Å². The van der Waals surface area contributed by atoms with Crippen molar-refractivity contribution >= 4 is 40.0 Å². The zero-order valence-electron chi connectivity index (χ0n) is 15.6. The van der Waals surface area contributed by atoms with E-state index in [9.17, 15) is 14.4 Å². The van der Waals surface area contributed by atoms with Crippen LogP contribution in [0.25, 0.3) is 10.9 Å². The number of anilines is 2. The number of rotatable bonds is 2. The highest BCUT2D eigenvalue weighted by Gasteiger charge is 2.41. The van der Waals surface area contributed by atoms with E-state index in [1.54, 1.807) is 12.3 Å². The van der Waals surface area contributed by atoms with Gasteiger partial charge in [-0.2, -0.15) is 0 Å². The summed E-state index contributed by atoms with van der Waals surface area (Å²) in [4.78, 5) is 47.8. The van der Waals surface area contributed by atoms with Gasteiger partial charge in [0.1, 0.15) is 6.04 Å². The largest absolute Gasteiger partial charge is 0.367 e. The molecule has 5 rings (SSSR count). The first-order valence-corrected chi connectivity index (χ1v) is 9.57. The molecule has 3 aliphatic heterocycles. The van der Waals surface area contributed by atoms with Crippen LogP contribution in [0.3, 0.4) is 0 Å². The van der Waals surface area contributed by atoms with Crippen molar-refractivity contribution in [2.24, 2.45) is 0 Å². The van der Waals surface area contributed by atoms with Gasteiger partial charge in [-0.05, 0) is 31.7 Å². The molecule has 3 amide bonds. The maximum absolute atomic E-state index is 13.1. The van der Waals surface area contributed by atoms with Crippen molar-refractivity contribution in [1.82, 2.24) is 15.2 Å². The zero-order chi connectivity index (χ0) is 19.4. The molecule has 28 heavy (non-hydrogen) atoms. The number of carbonyl (C=O) groups is 3. The van der Waals surface area contributed by atoms with E-state index in [0.29, 0.717) is 17.7 Å². The van der Waals surface area contributed by atoms with Gasteiger partial charge >= 0.3 is 0 Å². The third-order valence-corrected chi connectivity index (χ3v) is 5.92. The molecule has 0 saturated carbocycles. The molecule has 0 spiro atoms. The average Bonchev–Trinajstić information content (AvgIpc) is 2.97. The van der Waals surface area contributed by atoms with Crippen molar-refractivity contribution in [2.45, 2.75) is 18.9 Å². The number of imide groups is 1. The summed E-state index contributed by atoms with van der Waals surface area (Å²) in [5, 5.41) is 3.15. The van der Waals surface area contributed by atoms with Crippen molar-refractivity contribution < 1.29 is 14.4 Å². The molecule has 8 heteroatoms. The smallest absolute Gasteiger partial charge is 0.259 e. The summed E-state index contributed by atoms with van der Waals surface area (Å²) in [6.45, 7) is 3.76. The van der Waals surface area contributed by atoms with E-state index in [0.717, 1.165) is 42.8 Å². The average molecular weight is 379 g/mol. The molecule has 144 valence electrons. The molecule has 1 aromatic carbocycles. The minimum Gasteiger partial charge on any atom is -0.367 e. The number of nitrogens with one attached hydrogen (secondary N) is 1. The molecular weight excluding hydrogens is 358 g/mol. The van der Waals surface area contributed by atoms with E-state index in [2.05, 4.69) is 27.1 Å². The van der Waals surface area contributed by atoms with Crippen molar-refractivity contribution in [3.63, 3.8) is 0 Å². The molecule has 3 aliphatic rings. The van der Waals surface area contributed by atoms with E-state index in [1.807, 2.05) is 12.1 Å². The zero-order valence-corrected chi connectivity index (χ0v) is 15.6. The maximum atomic E-state index is 13.1. The quantitative estimate of drug-likeness (QED) is 0.775. The number of pyridine rings is 1. The lowest BCUT2D eigenvalue weighted by molar-refractivity contribution is -0.134. The van der Waals surface area contributed by atoms with Crippen LogP contribution >= 0.6 is 0 Å². The second kappa shape index (κ2) is 6.27. The monoisotopic (exact) mass is 379 g/mol. The lowest BCUT2D eigenvalue weighted by Crippen LogP contribution is -2.53. The molecule has 8 nitrogen and oxygen atoms in total. The Morgan fingerprint density at radius 2 is 1.82 bits per heavy atom. The lowest BCUT2D eigenvalue weighted by Gasteiger charge is -2.34. The van der Waals surface area contributed by atoms with Gasteiger partial charge in [-0.25, -0.2) is 0 Å². The molecule has 1 atom stereocenters. The number of aromatic nitrogens is 1. The minimum absolute atomic E-state index is 0.201. The van der Waals surface area contributed by atoms with Crippen molar-refractivity contribution in [3.8, 4) is 0 Å². The van der Waals surface area contributed by atoms with Crippen LogP contribution in [-0.4, -0.2) is 66.9 Å². The van der Waals surface area contributed by atoms with Crippen LogP contribution in [0.5, 0.6) is 0 Å². The predicted molar refractivity (Wildman–Crippen MR) is 104 cm³/mol. The van der Waals surface area contributed by atoms with Gasteiger partial charge in [0.25, 0.3) is 5.91 Å². The standard InChI is InChI=1S/C20H21N5O3/c1-23-8-10-24(11-9-23)14-3-2-12-17-13(6-7-21-18(14)17)25(20(12)28)15-4-5-16(26)22-19(15)27/h2-3,6-7,15H,4-5,8-11H2,1H3,(H,22,26,27). The SMILES string of the molecule is CN1CCN(c2ccc3c4c(ccnc24)N(C2CCC(=O)NC2=O)C3=O)CC1. The first-order valence-electron chi connectivity index (χ1n) is 9.57. The van der Waals surface area contributed by atoms with Crippen LogP contribution < -0.4 is 15.1 Å². The number of benzene rings is 1. The Labute approximate surface area is 162 Å². The molecule has 0 radical (unpaired) electrons. The molecule has 4 heterocycles. The van der Waals surface area contributed by atoms with E-state index < -0.39 is 11.9 Å². The van der Waals surface area contributed by atoms with Gasteiger partial charge in [0.05, 0.1) is 22.5 Å². The van der Waals surface area contributed by atoms with E-state index in [1.165, 1.54) is 4.90 Å². The van der Waals surface area contributed by atoms with Crippen LogP contribution in [-0.2, 0) is 9.59 Å². The third kappa shape index (κ3) is 2.48. The Kier molecular flexibility index (Phi) is 3.83. The molecule has 2 fully saturated rings. The molecule has 2 aromatic rings. The van der Waals surface area contributed by atoms with Crippen LogP contribution in [0.2, 0.25) is 0 Å². The van der Waals surface area contributed by atoms with Crippen LogP contribution in [0.4, 0.5) is 11.4 Å². The molecule has 2 saturated heterocycles. The molecule has 0 aliphatic carbocycles. The van der Waals surface area contributed by atoms with Crippen molar-refractivity contribution in [1.29, 1.82) is 0 Å². The summed E-state index contributed by atoms with van der Waals surface area (Å²) >= 11 is 0. The number of piperazine rings is 1. The number of amides is 3. The summed E-state index contributed by atoms with van der Waals surface area (Å²) in [5.41, 5.74) is 3.09. The molecule has 1 N–H and O–H groups in total. The molecule has 1 unspecified atom stereocenters. The highest BCUT2D eigenvalue weighted by atomic mass is 16.2. The molecule has 1 aromatic heterocycles. The first-order chi connectivity index (χ1) is 13.5. The number of hydrogen-bond acceptors (Lipinski definition) is 6. The summed E-state index contributed by atoms with van der Waals surface area (Å²) in [5.74, 6) is -0.906. The maximum Gasteiger partial charge on any atom is 0.259 e. The molecule has 0 bridgehead atoms. The van der Waals surface area contributed by atoms with Gasteiger partial charge in [0.2, 0.25) is 11.8 Å². The van der Waals surface area contributed by atoms with Crippen LogP contribution in [0.15, 0.2) is 24.4 Å². The summed E-state index contributed by atoms with van der Waals surface area (Å²) < 4.78 is 0. The van der Waals surface area contributed by atoms with Crippen molar-refractivity contribution in [2.75, 3.05) is 43.0 Å². The number of carbonyl (C=O) groups excluding carboxylic acids is 3.